The van der Waals surface area contributed by atoms with Gasteiger partial charge in [0, 0.05) is 0 Å². The van der Waals surface area contributed by atoms with Crippen LogP contribution in [0.15, 0.2) is 24.3 Å². The number of aryl methyl sites for hydroxylation is 6. The van der Waals surface area contributed by atoms with Gasteiger partial charge >= 0.3 is 0 Å². The van der Waals surface area contributed by atoms with E-state index in [4.69, 9.17) is 0 Å². The molecule has 0 aliphatic heterocycles. The van der Waals surface area contributed by atoms with Gasteiger partial charge in [-0.3, -0.25) is 0 Å². The molecule has 4 rings (SSSR count). The molecule has 0 aliphatic carbocycles. The third-order valence-electron chi connectivity index (χ3n) is 12.1. The number of unbranched alkanes of at least 4 members (excludes halogenated alkanes) is 20. The number of hydrogen-bond donors (Lipinski definition) is 0. The van der Waals surface area contributed by atoms with Crippen molar-refractivity contribution in [2.45, 2.75) is 221 Å². The van der Waals surface area contributed by atoms with Crippen molar-refractivity contribution < 1.29 is 0 Å². The molecule has 0 nitrogen and oxygen atoms in total. The highest BCUT2D eigenvalue weighted by atomic mass is 14.3. The lowest BCUT2D eigenvalue weighted by atomic mass is 9.78. The molecule has 278 valence electrons. The van der Waals surface area contributed by atoms with Gasteiger partial charge in [-0.2, -0.15) is 0 Å². The first kappa shape index (κ1) is 40.7. The molecule has 0 N–H and O–H groups in total. The molecule has 0 amide bonds. The van der Waals surface area contributed by atoms with Crippen molar-refractivity contribution >= 4 is 32.3 Å². The first-order chi connectivity index (χ1) is 24.6. The van der Waals surface area contributed by atoms with Crippen molar-refractivity contribution in [3.63, 3.8) is 0 Å². The van der Waals surface area contributed by atoms with Crippen LogP contribution in [0.2, 0.25) is 0 Å². The molecule has 0 atom stereocenters. The molecule has 0 saturated carbocycles. The number of benzene rings is 4. The van der Waals surface area contributed by atoms with E-state index in [0.29, 0.717) is 0 Å². The van der Waals surface area contributed by atoms with E-state index in [1.165, 1.54) is 180 Å². The van der Waals surface area contributed by atoms with E-state index in [0.717, 1.165) is 0 Å². The highest BCUT2D eigenvalue weighted by molar-refractivity contribution is 6.27. The monoisotopic (exact) mass is 679 g/mol. The van der Waals surface area contributed by atoms with Crippen LogP contribution in [0.3, 0.4) is 0 Å². The largest absolute Gasteiger partial charge is 0.0654 e. The van der Waals surface area contributed by atoms with Crippen molar-refractivity contribution in [2.75, 3.05) is 0 Å². The summed E-state index contributed by atoms with van der Waals surface area (Å²) in [5, 5.41) is 9.72. The van der Waals surface area contributed by atoms with Crippen LogP contribution in [-0.4, -0.2) is 0 Å². The number of rotatable bonds is 28. The molecule has 0 unspecified atom stereocenters. The fourth-order valence-corrected chi connectivity index (χ4v) is 9.27. The average molecular weight is 679 g/mol. The summed E-state index contributed by atoms with van der Waals surface area (Å²) in [6.45, 7) is 14.3. The molecule has 0 radical (unpaired) electrons. The van der Waals surface area contributed by atoms with E-state index in [9.17, 15) is 0 Å². The maximum absolute atomic E-state index is 2.64. The van der Waals surface area contributed by atoms with Gasteiger partial charge in [0.25, 0.3) is 0 Å². The first-order valence-corrected chi connectivity index (χ1v) is 22.3. The SMILES string of the molecule is CCCCCCCCc1cc(C)c2c(CCCCCCCC)c(CCCCCCCC)c3c(C)cc(CCCCCCCC)c4ccc1c2c43. The van der Waals surface area contributed by atoms with Gasteiger partial charge in [-0.05, 0) is 131 Å². The molecule has 0 spiro atoms. The quantitative estimate of drug-likeness (QED) is 0.0414. The summed E-state index contributed by atoms with van der Waals surface area (Å²) in [4.78, 5) is 0. The lowest BCUT2D eigenvalue weighted by molar-refractivity contribution is 0.600. The lowest BCUT2D eigenvalue weighted by Crippen LogP contribution is -2.05. The Morgan fingerprint density at radius 1 is 0.320 bits per heavy atom. The Labute approximate surface area is 310 Å². The molecule has 0 heteroatoms. The Balaban J connectivity index is 1.81. The van der Waals surface area contributed by atoms with Crippen molar-refractivity contribution in [2.24, 2.45) is 0 Å². The fourth-order valence-electron chi connectivity index (χ4n) is 9.27. The molecule has 4 aromatic carbocycles. The fraction of sp³-hybridized carbons (Fsp3) is 0.680. The van der Waals surface area contributed by atoms with Crippen LogP contribution >= 0.6 is 0 Å². The lowest BCUT2D eigenvalue weighted by Gasteiger charge is -2.25. The molecular weight excluding hydrogens is 601 g/mol. The molecule has 0 saturated heterocycles. The topological polar surface area (TPSA) is 0 Å². The predicted octanol–water partition coefficient (Wildman–Crippen LogP) is 16.8. The highest BCUT2D eigenvalue weighted by Crippen LogP contribution is 2.45. The van der Waals surface area contributed by atoms with Gasteiger partial charge < -0.3 is 0 Å². The van der Waals surface area contributed by atoms with E-state index in [1.54, 1.807) is 65.7 Å². The van der Waals surface area contributed by atoms with Crippen molar-refractivity contribution in [1.82, 2.24) is 0 Å². The molecule has 0 heterocycles. The molecule has 0 fully saturated rings. The minimum Gasteiger partial charge on any atom is -0.0654 e. The zero-order chi connectivity index (χ0) is 35.6. The van der Waals surface area contributed by atoms with E-state index in [1.807, 2.05) is 0 Å². The van der Waals surface area contributed by atoms with Crippen molar-refractivity contribution in [3.8, 4) is 0 Å². The Kier molecular flexibility index (Phi) is 18.5. The maximum Gasteiger partial charge on any atom is -0.00182 e. The molecular formula is C50H78. The summed E-state index contributed by atoms with van der Waals surface area (Å²) < 4.78 is 0. The Morgan fingerprint density at radius 3 is 0.920 bits per heavy atom. The summed E-state index contributed by atoms with van der Waals surface area (Å²) in [5.74, 6) is 0. The van der Waals surface area contributed by atoms with Crippen LogP contribution in [-0.2, 0) is 25.7 Å². The molecule has 50 heavy (non-hydrogen) atoms. The predicted molar refractivity (Wildman–Crippen MR) is 228 cm³/mol. The summed E-state index contributed by atoms with van der Waals surface area (Å²) >= 11 is 0. The van der Waals surface area contributed by atoms with E-state index >= 15 is 0 Å². The second-order valence-electron chi connectivity index (χ2n) is 16.4. The minimum absolute atomic E-state index is 1.22. The third-order valence-corrected chi connectivity index (χ3v) is 12.1. The van der Waals surface area contributed by atoms with E-state index in [-0.39, 0.29) is 0 Å². The van der Waals surface area contributed by atoms with Gasteiger partial charge in [0.1, 0.15) is 0 Å². The zero-order valence-corrected chi connectivity index (χ0v) is 34.1. The van der Waals surface area contributed by atoms with Crippen LogP contribution in [0.1, 0.15) is 215 Å². The van der Waals surface area contributed by atoms with E-state index < -0.39 is 0 Å². The van der Waals surface area contributed by atoms with Gasteiger partial charge in [0.05, 0.1) is 0 Å². The number of hydrogen-bond acceptors (Lipinski definition) is 0. The highest BCUT2D eigenvalue weighted by Gasteiger charge is 2.23. The van der Waals surface area contributed by atoms with Gasteiger partial charge in [0.15, 0.2) is 0 Å². The van der Waals surface area contributed by atoms with Gasteiger partial charge in [-0.25, -0.2) is 0 Å². The van der Waals surface area contributed by atoms with Crippen molar-refractivity contribution in [1.29, 1.82) is 0 Å². The average Bonchev–Trinajstić information content (AvgIpc) is 3.11. The Hall–Kier alpha value is -2.08. The minimum atomic E-state index is 1.22. The third kappa shape index (κ3) is 11.2. The van der Waals surface area contributed by atoms with E-state index in [2.05, 4.69) is 65.8 Å². The van der Waals surface area contributed by atoms with Crippen LogP contribution in [0.5, 0.6) is 0 Å². The second kappa shape index (κ2) is 22.8. The Morgan fingerprint density at radius 2 is 0.600 bits per heavy atom. The van der Waals surface area contributed by atoms with Crippen LogP contribution in [0.4, 0.5) is 0 Å². The summed E-state index contributed by atoms with van der Waals surface area (Å²) in [5.41, 5.74) is 9.79. The first-order valence-electron chi connectivity index (χ1n) is 22.3. The molecule has 0 bridgehead atoms. The van der Waals surface area contributed by atoms with Crippen molar-refractivity contribution in [3.05, 3.63) is 57.6 Å². The zero-order valence-electron chi connectivity index (χ0n) is 34.1. The summed E-state index contributed by atoms with van der Waals surface area (Å²) in [7, 11) is 0. The summed E-state index contributed by atoms with van der Waals surface area (Å²) in [6.07, 6.45) is 37.8. The van der Waals surface area contributed by atoms with Gasteiger partial charge in [-0.15, -0.1) is 0 Å². The Bertz CT molecular complexity index is 1400. The molecule has 4 aromatic rings. The van der Waals surface area contributed by atoms with Crippen LogP contribution in [0, 0.1) is 13.8 Å². The van der Waals surface area contributed by atoms with Gasteiger partial charge in [0.2, 0.25) is 0 Å². The van der Waals surface area contributed by atoms with Crippen LogP contribution in [0.25, 0.3) is 32.3 Å². The maximum atomic E-state index is 2.64. The summed E-state index contributed by atoms with van der Waals surface area (Å²) in [6, 6.07) is 10.4. The smallest absolute Gasteiger partial charge is 0.00182 e. The second-order valence-corrected chi connectivity index (χ2v) is 16.4. The van der Waals surface area contributed by atoms with Gasteiger partial charge in [-0.1, -0.05) is 180 Å². The molecule has 0 aliphatic rings. The van der Waals surface area contributed by atoms with Crippen LogP contribution < -0.4 is 0 Å². The standard InChI is InChI=1S/C50H78/c1-7-11-15-19-23-27-31-41-37-39(5)47-45(33-29-25-21-17-13-9-3)46(34-30-26-22-18-14-10-4)48-40(6)38-42(32-28-24-20-16-12-8-2)44-36-35-43(41)49(47)50(44)48/h35-38H,7-34H2,1-6H3. The molecule has 0 aromatic heterocycles. The normalized spacial score (nSPS) is 12.0.